The molecule has 0 saturated carbocycles. The molecule has 0 N–H and O–H groups in total. The van der Waals surface area contributed by atoms with Crippen LogP contribution in [0, 0.1) is 6.92 Å². The molecule has 5 nitrogen and oxygen atoms in total. The molecule has 140 valence electrons. The zero-order chi connectivity index (χ0) is 19.3. The van der Waals surface area contributed by atoms with Crippen molar-refractivity contribution in [1.29, 1.82) is 0 Å². The Labute approximate surface area is 156 Å². The van der Waals surface area contributed by atoms with Gasteiger partial charge < -0.3 is 4.90 Å². The second-order valence-corrected chi connectivity index (χ2v) is 8.39. The molecule has 0 spiro atoms. The molecular weight excluding hydrogens is 348 g/mol. The fourth-order valence-electron chi connectivity index (χ4n) is 2.73. The fraction of sp³-hybridized carbons (Fsp3) is 0.350. The predicted octanol–water partition coefficient (Wildman–Crippen LogP) is 2.98. The zero-order valence-electron chi connectivity index (χ0n) is 15.8. The molecule has 6 heteroatoms. The number of para-hydroxylation sites is 1. The lowest BCUT2D eigenvalue weighted by Crippen LogP contribution is -2.41. The number of hydrogen-bond donors (Lipinski definition) is 0. The van der Waals surface area contributed by atoms with Gasteiger partial charge in [0, 0.05) is 13.6 Å². The monoisotopic (exact) mass is 374 g/mol. The number of rotatable bonds is 7. The summed E-state index contributed by atoms with van der Waals surface area (Å²) in [5.74, 6) is -0.248. The maximum atomic E-state index is 12.7. The maximum Gasteiger partial charge on any atom is 0.243 e. The summed E-state index contributed by atoms with van der Waals surface area (Å²) >= 11 is 0. The summed E-state index contributed by atoms with van der Waals surface area (Å²) in [6.45, 7) is 4.20. The van der Waals surface area contributed by atoms with Crippen molar-refractivity contribution in [3.05, 3.63) is 65.2 Å². The molecule has 2 rings (SSSR count). The van der Waals surface area contributed by atoms with E-state index in [9.17, 15) is 13.2 Å². The minimum atomic E-state index is -3.57. The summed E-state index contributed by atoms with van der Waals surface area (Å²) < 4.78 is 25.8. The minimum absolute atomic E-state index is 0.210. The zero-order valence-corrected chi connectivity index (χ0v) is 16.6. The van der Waals surface area contributed by atoms with Crippen LogP contribution < -0.4 is 4.31 Å². The fourth-order valence-corrected chi connectivity index (χ4v) is 3.61. The van der Waals surface area contributed by atoms with Gasteiger partial charge in [0.25, 0.3) is 0 Å². The van der Waals surface area contributed by atoms with E-state index in [0.717, 1.165) is 22.9 Å². The van der Waals surface area contributed by atoms with Crippen LogP contribution in [0.3, 0.4) is 0 Å². The maximum absolute atomic E-state index is 12.7. The highest BCUT2D eigenvalue weighted by Crippen LogP contribution is 2.23. The molecule has 0 saturated heterocycles. The van der Waals surface area contributed by atoms with Gasteiger partial charge in [0.15, 0.2) is 0 Å². The van der Waals surface area contributed by atoms with E-state index in [1.807, 2.05) is 50.2 Å². The lowest BCUT2D eigenvalue weighted by atomic mass is 10.1. The molecule has 0 heterocycles. The number of sulfonamides is 1. The second kappa shape index (κ2) is 8.36. The number of aryl methyl sites for hydroxylation is 2. The Bertz CT molecular complexity index is 861. The molecule has 26 heavy (non-hydrogen) atoms. The van der Waals surface area contributed by atoms with E-state index in [1.165, 1.54) is 4.31 Å². The van der Waals surface area contributed by atoms with Crippen molar-refractivity contribution in [2.45, 2.75) is 26.8 Å². The van der Waals surface area contributed by atoms with E-state index in [-0.39, 0.29) is 12.5 Å². The summed E-state index contributed by atoms with van der Waals surface area (Å²) in [4.78, 5) is 14.2. The third-order valence-corrected chi connectivity index (χ3v) is 5.41. The molecule has 0 aliphatic rings. The van der Waals surface area contributed by atoms with E-state index in [2.05, 4.69) is 0 Å². The highest BCUT2D eigenvalue weighted by Gasteiger charge is 2.24. The smallest absolute Gasteiger partial charge is 0.243 e. The van der Waals surface area contributed by atoms with Gasteiger partial charge >= 0.3 is 0 Å². The van der Waals surface area contributed by atoms with Crippen molar-refractivity contribution in [3.63, 3.8) is 0 Å². The molecule has 0 atom stereocenters. The number of hydrogen-bond acceptors (Lipinski definition) is 3. The molecule has 2 aromatic carbocycles. The van der Waals surface area contributed by atoms with Crippen molar-refractivity contribution in [2.75, 3.05) is 24.2 Å². The van der Waals surface area contributed by atoms with Gasteiger partial charge in [-0.3, -0.25) is 9.10 Å². The molecule has 0 aromatic heterocycles. The first-order valence-corrected chi connectivity index (χ1v) is 10.4. The average Bonchev–Trinajstić information content (AvgIpc) is 2.60. The summed E-state index contributed by atoms with van der Waals surface area (Å²) in [5.41, 5.74) is 3.62. The quantitative estimate of drug-likeness (QED) is 0.749. The van der Waals surface area contributed by atoms with Gasteiger partial charge in [-0.1, -0.05) is 55.0 Å². The minimum Gasteiger partial charge on any atom is -0.340 e. The van der Waals surface area contributed by atoms with Gasteiger partial charge in [0.1, 0.15) is 6.54 Å². The third-order valence-electron chi connectivity index (χ3n) is 4.29. The summed E-state index contributed by atoms with van der Waals surface area (Å²) in [7, 11) is -1.88. The Hall–Kier alpha value is -2.34. The largest absolute Gasteiger partial charge is 0.340 e. The number of nitrogens with zero attached hydrogens (tertiary/aromatic N) is 2. The number of amides is 1. The van der Waals surface area contributed by atoms with Crippen molar-refractivity contribution in [1.82, 2.24) is 4.90 Å². The molecule has 1 amide bonds. The number of anilines is 1. The van der Waals surface area contributed by atoms with Crippen molar-refractivity contribution < 1.29 is 13.2 Å². The molecule has 0 radical (unpaired) electrons. The number of benzene rings is 2. The van der Waals surface area contributed by atoms with Crippen LogP contribution in [0.5, 0.6) is 0 Å². The van der Waals surface area contributed by atoms with Gasteiger partial charge in [-0.05, 0) is 30.5 Å². The molecule has 0 fully saturated rings. The lowest BCUT2D eigenvalue weighted by molar-refractivity contribution is -0.128. The normalized spacial score (nSPS) is 11.2. The van der Waals surface area contributed by atoms with Gasteiger partial charge in [-0.15, -0.1) is 0 Å². The van der Waals surface area contributed by atoms with E-state index in [0.29, 0.717) is 18.7 Å². The standard InChI is InChI=1S/C20H26N2O3S/c1-5-18-8-6-7-9-19(18)22(26(4,24)25)15-20(23)21(3)14-17-12-10-16(2)11-13-17/h6-13H,5,14-15H2,1-4H3. The van der Waals surface area contributed by atoms with Crippen LogP contribution in [-0.2, 0) is 27.8 Å². The van der Waals surface area contributed by atoms with Crippen LogP contribution in [-0.4, -0.2) is 39.1 Å². The molecular formula is C20H26N2O3S. The van der Waals surface area contributed by atoms with Crippen LogP contribution in [0.4, 0.5) is 5.69 Å². The van der Waals surface area contributed by atoms with Crippen LogP contribution in [0.25, 0.3) is 0 Å². The first-order chi connectivity index (χ1) is 12.2. The van der Waals surface area contributed by atoms with Crippen molar-refractivity contribution in [2.24, 2.45) is 0 Å². The van der Waals surface area contributed by atoms with Gasteiger partial charge in [-0.2, -0.15) is 0 Å². The molecule has 0 unspecified atom stereocenters. The number of carbonyl (C=O) groups excluding carboxylic acids is 1. The second-order valence-electron chi connectivity index (χ2n) is 6.49. The first-order valence-electron chi connectivity index (χ1n) is 8.57. The highest BCUT2D eigenvalue weighted by molar-refractivity contribution is 7.92. The molecule has 0 aliphatic carbocycles. The van der Waals surface area contributed by atoms with Crippen LogP contribution in [0.2, 0.25) is 0 Å². The van der Waals surface area contributed by atoms with Crippen LogP contribution in [0.1, 0.15) is 23.6 Å². The third kappa shape index (κ3) is 5.08. The van der Waals surface area contributed by atoms with Gasteiger partial charge in [0.2, 0.25) is 15.9 Å². The molecule has 0 bridgehead atoms. The summed E-state index contributed by atoms with van der Waals surface area (Å²) in [6, 6.07) is 15.2. The van der Waals surface area contributed by atoms with Gasteiger partial charge in [0.05, 0.1) is 11.9 Å². The van der Waals surface area contributed by atoms with E-state index >= 15 is 0 Å². The Balaban J connectivity index is 2.20. The molecule has 0 aliphatic heterocycles. The predicted molar refractivity (Wildman–Crippen MR) is 106 cm³/mol. The molecule has 2 aromatic rings. The Morgan fingerprint density at radius 1 is 1.04 bits per heavy atom. The summed E-state index contributed by atoms with van der Waals surface area (Å²) in [6.07, 6.45) is 1.82. The lowest BCUT2D eigenvalue weighted by Gasteiger charge is -2.26. The van der Waals surface area contributed by atoms with Crippen molar-refractivity contribution in [3.8, 4) is 0 Å². The topological polar surface area (TPSA) is 57.7 Å². The average molecular weight is 375 g/mol. The Morgan fingerprint density at radius 3 is 2.23 bits per heavy atom. The van der Waals surface area contributed by atoms with Gasteiger partial charge in [-0.25, -0.2) is 8.42 Å². The Kier molecular flexibility index (Phi) is 6.42. The van der Waals surface area contributed by atoms with Crippen LogP contribution >= 0.6 is 0 Å². The Morgan fingerprint density at radius 2 is 1.65 bits per heavy atom. The highest BCUT2D eigenvalue weighted by atomic mass is 32.2. The van der Waals surface area contributed by atoms with Crippen LogP contribution in [0.15, 0.2) is 48.5 Å². The summed E-state index contributed by atoms with van der Waals surface area (Å²) in [5, 5.41) is 0. The van der Waals surface area contributed by atoms with E-state index in [4.69, 9.17) is 0 Å². The SMILES string of the molecule is CCc1ccccc1N(CC(=O)N(C)Cc1ccc(C)cc1)S(C)(=O)=O. The van der Waals surface area contributed by atoms with E-state index < -0.39 is 10.0 Å². The van der Waals surface area contributed by atoms with Crippen molar-refractivity contribution >= 4 is 21.6 Å². The number of likely N-dealkylation sites (N-methyl/N-ethyl adjacent to an activating group) is 1. The van der Waals surface area contributed by atoms with E-state index in [1.54, 1.807) is 24.1 Å². The first kappa shape index (κ1) is 20.0. The number of carbonyl (C=O) groups is 1.